The number of hydrazine groups is 1. The highest BCUT2D eigenvalue weighted by Crippen LogP contribution is 2.28. The maximum absolute atomic E-state index is 13.2. The lowest BCUT2D eigenvalue weighted by molar-refractivity contribution is -0.138. The van der Waals surface area contributed by atoms with Crippen molar-refractivity contribution in [3.8, 4) is 0 Å². The molecule has 2 aliphatic heterocycles. The zero-order valence-electron chi connectivity index (χ0n) is 19.5. The minimum absolute atomic E-state index is 0. The molecule has 11 heteroatoms. The van der Waals surface area contributed by atoms with Gasteiger partial charge in [-0.25, -0.2) is 13.8 Å². The van der Waals surface area contributed by atoms with Crippen molar-refractivity contribution in [1.29, 1.82) is 0 Å². The van der Waals surface area contributed by atoms with Crippen molar-refractivity contribution in [3.63, 3.8) is 0 Å². The van der Waals surface area contributed by atoms with Gasteiger partial charge < -0.3 is 4.90 Å². The topological polar surface area (TPSA) is 85.3 Å². The SMILES string of the molecule is Cl.O=C(C1CCC(NN2C=NCC2)CC1)N1CCN(S(=O)(=O)c2ccc3cc(Cl)ccc3c2)CC1. The lowest BCUT2D eigenvalue weighted by Gasteiger charge is -2.38. The summed E-state index contributed by atoms with van der Waals surface area (Å²) in [7, 11) is -3.62. The molecule has 3 aliphatic rings. The van der Waals surface area contributed by atoms with E-state index < -0.39 is 10.0 Å². The monoisotopic (exact) mass is 539 g/mol. The van der Waals surface area contributed by atoms with Crippen LogP contribution in [0.2, 0.25) is 5.02 Å². The summed E-state index contributed by atoms with van der Waals surface area (Å²) in [5.41, 5.74) is 3.49. The number of aliphatic imine (C=N–C) groups is 1. The van der Waals surface area contributed by atoms with Gasteiger partial charge in [0.15, 0.2) is 0 Å². The minimum Gasteiger partial charge on any atom is -0.340 e. The summed E-state index contributed by atoms with van der Waals surface area (Å²) in [6, 6.07) is 10.9. The fraction of sp³-hybridized carbons (Fsp3) is 0.500. The van der Waals surface area contributed by atoms with Crippen LogP contribution in [0.4, 0.5) is 0 Å². The van der Waals surface area contributed by atoms with Gasteiger partial charge in [-0.1, -0.05) is 23.7 Å². The van der Waals surface area contributed by atoms with Crippen molar-refractivity contribution in [3.05, 3.63) is 41.4 Å². The molecule has 0 atom stereocenters. The Morgan fingerprint density at radius 3 is 2.31 bits per heavy atom. The number of nitrogens with one attached hydrogen (secondary N) is 1. The third-order valence-corrected chi connectivity index (χ3v) is 9.21. The highest BCUT2D eigenvalue weighted by molar-refractivity contribution is 7.89. The Morgan fingerprint density at radius 1 is 0.943 bits per heavy atom. The molecular formula is C24H31Cl2N5O3S. The number of sulfonamides is 1. The number of carbonyl (C=O) groups excluding carboxylic acids is 1. The molecule has 2 aromatic rings. The Morgan fingerprint density at radius 2 is 1.63 bits per heavy atom. The van der Waals surface area contributed by atoms with Crippen LogP contribution in [0.1, 0.15) is 25.7 Å². The highest BCUT2D eigenvalue weighted by atomic mass is 35.5. The molecule has 1 saturated heterocycles. The van der Waals surface area contributed by atoms with Crippen LogP contribution in [0.25, 0.3) is 10.8 Å². The number of halogens is 2. The molecule has 0 radical (unpaired) electrons. The minimum atomic E-state index is -3.62. The number of fused-ring (bicyclic) bond motifs is 1. The molecule has 0 spiro atoms. The molecular weight excluding hydrogens is 509 g/mol. The number of rotatable bonds is 5. The van der Waals surface area contributed by atoms with Gasteiger partial charge in [-0.3, -0.25) is 14.8 Å². The van der Waals surface area contributed by atoms with Gasteiger partial charge in [0.05, 0.1) is 24.3 Å². The van der Waals surface area contributed by atoms with Crippen molar-refractivity contribution >= 4 is 57.0 Å². The molecule has 190 valence electrons. The van der Waals surface area contributed by atoms with E-state index in [4.69, 9.17) is 11.6 Å². The van der Waals surface area contributed by atoms with Gasteiger partial charge >= 0.3 is 0 Å². The maximum Gasteiger partial charge on any atom is 0.243 e. The van der Waals surface area contributed by atoms with Crippen LogP contribution in [0, 0.1) is 5.92 Å². The Labute approximate surface area is 217 Å². The van der Waals surface area contributed by atoms with E-state index in [1.807, 2.05) is 28.4 Å². The van der Waals surface area contributed by atoms with Gasteiger partial charge in [0, 0.05) is 43.2 Å². The zero-order chi connectivity index (χ0) is 23.7. The van der Waals surface area contributed by atoms with Crippen molar-refractivity contribution in [2.24, 2.45) is 10.9 Å². The van der Waals surface area contributed by atoms with Crippen molar-refractivity contribution in [1.82, 2.24) is 19.6 Å². The standard InChI is InChI=1S/C24H30ClN5O3S.ClH/c25-21-5-1-20-16-23(8-4-19(20)15-21)34(32,33)30-13-11-28(12-14-30)24(31)18-2-6-22(7-3-18)27-29-10-9-26-17-29;/h1,4-5,8,15-18,22,27H,2-3,6-7,9-14H2;1H. The number of hydrogen-bond acceptors (Lipinski definition) is 6. The first kappa shape index (κ1) is 26.2. The molecule has 1 amide bonds. The van der Waals surface area contributed by atoms with Gasteiger partial charge in [0.1, 0.15) is 0 Å². The van der Waals surface area contributed by atoms with E-state index in [1.54, 1.807) is 24.3 Å². The second-order valence-corrected chi connectivity index (χ2v) is 11.6. The van der Waals surface area contributed by atoms with E-state index in [2.05, 4.69) is 10.4 Å². The molecule has 8 nitrogen and oxygen atoms in total. The normalized spacial score (nSPS) is 23.5. The van der Waals surface area contributed by atoms with E-state index >= 15 is 0 Å². The Balaban J connectivity index is 0.00000289. The van der Waals surface area contributed by atoms with Crippen LogP contribution in [0.5, 0.6) is 0 Å². The van der Waals surface area contributed by atoms with Crippen LogP contribution in [0.3, 0.4) is 0 Å². The Bertz CT molecular complexity index is 1190. The number of hydrogen-bond donors (Lipinski definition) is 1. The number of nitrogens with zero attached hydrogens (tertiary/aromatic N) is 4. The summed E-state index contributed by atoms with van der Waals surface area (Å²) in [5, 5.41) is 4.40. The molecule has 0 aromatic heterocycles. The van der Waals surface area contributed by atoms with Crippen LogP contribution in [-0.2, 0) is 14.8 Å². The fourth-order valence-electron chi connectivity index (χ4n) is 5.09. The highest BCUT2D eigenvalue weighted by Gasteiger charge is 2.34. The first-order chi connectivity index (χ1) is 16.4. The third-order valence-electron chi connectivity index (χ3n) is 7.08. The molecule has 1 saturated carbocycles. The molecule has 2 fully saturated rings. The quantitative estimate of drug-likeness (QED) is 0.630. The molecule has 0 bridgehead atoms. The largest absolute Gasteiger partial charge is 0.340 e. The van der Waals surface area contributed by atoms with E-state index in [0.717, 1.165) is 49.5 Å². The third kappa shape index (κ3) is 5.75. The fourth-order valence-corrected chi connectivity index (χ4v) is 6.73. The number of benzene rings is 2. The van der Waals surface area contributed by atoms with Crippen LogP contribution >= 0.6 is 24.0 Å². The average molecular weight is 541 g/mol. The summed E-state index contributed by atoms with van der Waals surface area (Å²) in [6.45, 7) is 3.24. The van der Waals surface area contributed by atoms with Gasteiger partial charge in [-0.15, -0.1) is 12.4 Å². The first-order valence-corrected chi connectivity index (χ1v) is 13.7. The van der Waals surface area contributed by atoms with Gasteiger partial charge in [-0.2, -0.15) is 4.31 Å². The van der Waals surface area contributed by atoms with Crippen LogP contribution in [-0.4, -0.2) is 80.2 Å². The summed E-state index contributed by atoms with van der Waals surface area (Å²) in [6.07, 6.45) is 5.49. The van der Waals surface area contributed by atoms with E-state index in [0.29, 0.717) is 37.2 Å². The second kappa shape index (κ2) is 11.0. The molecule has 2 heterocycles. The van der Waals surface area contributed by atoms with Gasteiger partial charge in [-0.05, 0) is 60.7 Å². The summed E-state index contributed by atoms with van der Waals surface area (Å²) < 4.78 is 28.0. The number of piperazine rings is 1. The van der Waals surface area contributed by atoms with Crippen LogP contribution in [0.15, 0.2) is 46.3 Å². The van der Waals surface area contributed by atoms with Crippen LogP contribution < -0.4 is 5.43 Å². The molecule has 1 aliphatic carbocycles. The Hall–Kier alpha value is -1.91. The summed E-state index contributed by atoms with van der Waals surface area (Å²) in [4.78, 5) is 19.4. The molecule has 0 unspecified atom stereocenters. The summed E-state index contributed by atoms with van der Waals surface area (Å²) in [5.74, 6) is 0.196. The lowest BCUT2D eigenvalue weighted by atomic mass is 9.85. The molecule has 2 aromatic carbocycles. The summed E-state index contributed by atoms with van der Waals surface area (Å²) >= 11 is 6.04. The second-order valence-electron chi connectivity index (χ2n) is 9.28. The van der Waals surface area contributed by atoms with E-state index in [1.165, 1.54) is 4.31 Å². The smallest absolute Gasteiger partial charge is 0.243 e. The Kier molecular flexibility index (Phi) is 8.23. The van der Waals surface area contributed by atoms with Gasteiger partial charge in [0.2, 0.25) is 15.9 Å². The van der Waals surface area contributed by atoms with E-state index in [9.17, 15) is 13.2 Å². The van der Waals surface area contributed by atoms with Crippen molar-refractivity contribution in [2.75, 3.05) is 39.3 Å². The molecule has 35 heavy (non-hydrogen) atoms. The van der Waals surface area contributed by atoms with Gasteiger partial charge in [0.25, 0.3) is 0 Å². The number of amides is 1. The van der Waals surface area contributed by atoms with E-state index in [-0.39, 0.29) is 29.1 Å². The number of carbonyl (C=O) groups is 1. The lowest BCUT2D eigenvalue weighted by Crippen LogP contribution is -2.52. The zero-order valence-corrected chi connectivity index (χ0v) is 21.9. The predicted octanol–water partition coefficient (Wildman–Crippen LogP) is 3.16. The van der Waals surface area contributed by atoms with Crippen molar-refractivity contribution in [2.45, 2.75) is 36.6 Å². The first-order valence-electron chi connectivity index (χ1n) is 11.9. The molecule has 5 rings (SSSR count). The molecule has 1 N–H and O–H groups in total. The maximum atomic E-state index is 13.2. The van der Waals surface area contributed by atoms with Crippen molar-refractivity contribution < 1.29 is 13.2 Å². The predicted molar refractivity (Wildman–Crippen MR) is 140 cm³/mol. The average Bonchev–Trinajstić information content (AvgIpc) is 3.37.